The van der Waals surface area contributed by atoms with Gasteiger partial charge in [0, 0.05) is 24.5 Å². The Morgan fingerprint density at radius 2 is 2.10 bits per heavy atom. The van der Waals surface area contributed by atoms with Crippen molar-refractivity contribution in [2.75, 3.05) is 18.1 Å². The van der Waals surface area contributed by atoms with Gasteiger partial charge in [0.1, 0.15) is 0 Å². The monoisotopic (exact) mass is 316 g/mol. The van der Waals surface area contributed by atoms with Crippen molar-refractivity contribution in [1.29, 1.82) is 0 Å². The predicted molar refractivity (Wildman–Crippen MR) is 79.4 cm³/mol. The van der Waals surface area contributed by atoms with Crippen LogP contribution in [0.15, 0.2) is 0 Å². The number of nitrogens with one attached hydrogen (secondary N) is 1. The Kier molecular flexibility index (Phi) is 4.33. The van der Waals surface area contributed by atoms with Gasteiger partial charge in [-0.3, -0.25) is 9.59 Å². The van der Waals surface area contributed by atoms with Crippen molar-refractivity contribution in [2.45, 2.75) is 51.6 Å². The van der Waals surface area contributed by atoms with Gasteiger partial charge in [0.2, 0.25) is 11.8 Å². The van der Waals surface area contributed by atoms with Gasteiger partial charge in [-0.15, -0.1) is 0 Å². The Bertz CT molecular complexity index is 541. The van der Waals surface area contributed by atoms with E-state index < -0.39 is 9.84 Å². The van der Waals surface area contributed by atoms with Crippen molar-refractivity contribution in [1.82, 2.24) is 10.2 Å². The second-order valence-electron chi connectivity index (χ2n) is 6.73. The molecule has 2 heterocycles. The van der Waals surface area contributed by atoms with E-state index in [-0.39, 0.29) is 47.2 Å². The van der Waals surface area contributed by atoms with Gasteiger partial charge in [-0.1, -0.05) is 6.92 Å². The Hall–Kier alpha value is -1.11. The van der Waals surface area contributed by atoms with Crippen LogP contribution < -0.4 is 5.32 Å². The summed E-state index contributed by atoms with van der Waals surface area (Å²) < 4.78 is 23.1. The molecule has 2 aliphatic heterocycles. The summed E-state index contributed by atoms with van der Waals surface area (Å²) in [5.41, 5.74) is -0.287. The number of likely N-dealkylation sites (tertiary alicyclic amines) is 1. The number of rotatable bonds is 4. The minimum atomic E-state index is -3.02. The zero-order valence-electron chi connectivity index (χ0n) is 12.9. The molecule has 7 heteroatoms. The van der Waals surface area contributed by atoms with Gasteiger partial charge in [0.25, 0.3) is 0 Å². The standard InChI is InChI=1S/C14H24N2O4S/c1-4-14(2,3)15-13(18)10-7-12(17)16(8-10)11-5-6-21(19,20)9-11/h10-11H,4-9H2,1-3H3,(H,15,18). The Labute approximate surface area is 126 Å². The fraction of sp³-hybridized carbons (Fsp3) is 0.857. The normalized spacial score (nSPS) is 28.9. The van der Waals surface area contributed by atoms with Crippen LogP contribution in [0.25, 0.3) is 0 Å². The van der Waals surface area contributed by atoms with E-state index in [0.29, 0.717) is 13.0 Å². The maximum atomic E-state index is 12.2. The Morgan fingerprint density at radius 1 is 1.43 bits per heavy atom. The first kappa shape index (κ1) is 16.3. The summed E-state index contributed by atoms with van der Waals surface area (Å²) in [6.07, 6.45) is 1.48. The lowest BCUT2D eigenvalue weighted by Gasteiger charge is -2.27. The summed E-state index contributed by atoms with van der Waals surface area (Å²) in [5, 5.41) is 2.96. The van der Waals surface area contributed by atoms with Crippen LogP contribution in [0.1, 0.15) is 40.0 Å². The predicted octanol–water partition coefficient (Wildman–Crippen LogP) is 0.327. The molecule has 1 N–H and O–H groups in total. The summed E-state index contributed by atoms with van der Waals surface area (Å²) in [6.45, 7) is 6.23. The lowest BCUT2D eigenvalue weighted by atomic mass is 9.99. The quantitative estimate of drug-likeness (QED) is 0.810. The zero-order valence-corrected chi connectivity index (χ0v) is 13.7. The molecule has 0 aromatic rings. The number of sulfone groups is 1. The molecule has 2 atom stereocenters. The van der Waals surface area contributed by atoms with Crippen LogP contribution in [0.4, 0.5) is 0 Å². The number of carbonyl (C=O) groups is 2. The molecule has 0 aromatic carbocycles. The molecule has 2 saturated heterocycles. The van der Waals surface area contributed by atoms with E-state index in [2.05, 4.69) is 5.32 Å². The van der Waals surface area contributed by atoms with Gasteiger partial charge in [-0.25, -0.2) is 8.42 Å². The molecule has 2 unspecified atom stereocenters. The SMILES string of the molecule is CCC(C)(C)NC(=O)C1CC(=O)N(C2CCS(=O)(=O)C2)C1. The van der Waals surface area contributed by atoms with E-state index >= 15 is 0 Å². The van der Waals surface area contributed by atoms with Crippen LogP contribution in [0, 0.1) is 5.92 Å². The van der Waals surface area contributed by atoms with Gasteiger partial charge in [0.05, 0.1) is 17.4 Å². The fourth-order valence-corrected chi connectivity index (χ4v) is 4.54. The van der Waals surface area contributed by atoms with Crippen molar-refractivity contribution >= 4 is 21.7 Å². The lowest BCUT2D eigenvalue weighted by Crippen LogP contribution is -2.46. The Balaban J connectivity index is 1.98. The van der Waals surface area contributed by atoms with Crippen LogP contribution in [-0.2, 0) is 19.4 Å². The minimum Gasteiger partial charge on any atom is -0.351 e. The third kappa shape index (κ3) is 3.75. The molecule has 0 bridgehead atoms. The molecular formula is C14H24N2O4S. The van der Waals surface area contributed by atoms with E-state index in [9.17, 15) is 18.0 Å². The molecule has 2 rings (SSSR count). The highest BCUT2D eigenvalue weighted by Gasteiger charge is 2.42. The molecule has 2 aliphatic rings. The average Bonchev–Trinajstić information content (AvgIpc) is 2.92. The van der Waals surface area contributed by atoms with E-state index in [1.54, 1.807) is 4.90 Å². The van der Waals surface area contributed by atoms with Crippen molar-refractivity contribution in [3.05, 3.63) is 0 Å². The van der Waals surface area contributed by atoms with Crippen LogP contribution >= 0.6 is 0 Å². The second-order valence-corrected chi connectivity index (χ2v) is 8.96. The summed E-state index contributed by atoms with van der Waals surface area (Å²) in [6, 6.07) is -0.250. The summed E-state index contributed by atoms with van der Waals surface area (Å²) in [4.78, 5) is 25.9. The fourth-order valence-electron chi connectivity index (χ4n) is 2.81. The first-order chi connectivity index (χ1) is 9.63. The van der Waals surface area contributed by atoms with Crippen molar-refractivity contribution in [2.24, 2.45) is 5.92 Å². The molecule has 2 fully saturated rings. The topological polar surface area (TPSA) is 83.6 Å². The molecule has 0 radical (unpaired) electrons. The summed E-state index contributed by atoms with van der Waals surface area (Å²) in [7, 11) is -3.02. The summed E-state index contributed by atoms with van der Waals surface area (Å²) in [5.74, 6) is -0.411. The highest BCUT2D eigenvalue weighted by atomic mass is 32.2. The van der Waals surface area contributed by atoms with Crippen molar-refractivity contribution < 1.29 is 18.0 Å². The van der Waals surface area contributed by atoms with Gasteiger partial charge >= 0.3 is 0 Å². The number of nitrogens with zero attached hydrogens (tertiary/aromatic N) is 1. The molecule has 0 aliphatic carbocycles. The lowest BCUT2D eigenvalue weighted by molar-refractivity contribution is -0.130. The number of hydrogen-bond donors (Lipinski definition) is 1. The van der Waals surface area contributed by atoms with Gasteiger partial charge in [-0.05, 0) is 26.7 Å². The third-order valence-electron chi connectivity index (χ3n) is 4.52. The van der Waals surface area contributed by atoms with E-state index in [4.69, 9.17) is 0 Å². The van der Waals surface area contributed by atoms with Crippen molar-refractivity contribution in [3.63, 3.8) is 0 Å². The van der Waals surface area contributed by atoms with Crippen molar-refractivity contribution in [3.8, 4) is 0 Å². The molecule has 120 valence electrons. The number of carbonyl (C=O) groups excluding carboxylic acids is 2. The van der Waals surface area contributed by atoms with Gasteiger partial charge in [-0.2, -0.15) is 0 Å². The molecule has 0 spiro atoms. The second kappa shape index (κ2) is 5.59. The maximum Gasteiger partial charge on any atom is 0.225 e. The molecule has 0 aromatic heterocycles. The van der Waals surface area contributed by atoms with E-state index in [1.165, 1.54) is 0 Å². The molecule has 2 amide bonds. The molecular weight excluding hydrogens is 292 g/mol. The molecule has 0 saturated carbocycles. The minimum absolute atomic E-state index is 0.0353. The molecule has 6 nitrogen and oxygen atoms in total. The average molecular weight is 316 g/mol. The van der Waals surface area contributed by atoms with Gasteiger partial charge < -0.3 is 10.2 Å². The highest BCUT2D eigenvalue weighted by Crippen LogP contribution is 2.26. The van der Waals surface area contributed by atoms with E-state index in [1.807, 2.05) is 20.8 Å². The first-order valence-electron chi connectivity index (χ1n) is 7.45. The largest absolute Gasteiger partial charge is 0.351 e. The third-order valence-corrected chi connectivity index (χ3v) is 6.27. The van der Waals surface area contributed by atoms with Crippen LogP contribution in [0.5, 0.6) is 0 Å². The van der Waals surface area contributed by atoms with Crippen LogP contribution in [0.2, 0.25) is 0 Å². The van der Waals surface area contributed by atoms with Crippen LogP contribution in [-0.4, -0.2) is 54.8 Å². The highest BCUT2D eigenvalue weighted by molar-refractivity contribution is 7.91. The molecule has 21 heavy (non-hydrogen) atoms. The smallest absolute Gasteiger partial charge is 0.225 e. The number of amides is 2. The van der Waals surface area contributed by atoms with Crippen LogP contribution in [0.3, 0.4) is 0 Å². The van der Waals surface area contributed by atoms with E-state index in [0.717, 1.165) is 6.42 Å². The maximum absolute atomic E-state index is 12.2. The summed E-state index contributed by atoms with van der Waals surface area (Å²) >= 11 is 0. The number of hydrogen-bond acceptors (Lipinski definition) is 4. The zero-order chi connectivity index (χ0) is 15.8. The van der Waals surface area contributed by atoms with Gasteiger partial charge in [0.15, 0.2) is 9.84 Å². The Morgan fingerprint density at radius 3 is 2.62 bits per heavy atom. The first-order valence-corrected chi connectivity index (χ1v) is 9.27.